The first-order chi connectivity index (χ1) is 9.81. The van der Waals surface area contributed by atoms with Crippen LogP contribution >= 0.6 is 0 Å². The monoisotopic (exact) mass is 267 g/mol. The molecule has 0 aliphatic carbocycles. The second-order valence-corrected chi connectivity index (χ2v) is 5.51. The normalized spacial score (nSPS) is 13.9. The SMILES string of the molecule is CCCNC(c1ccccc1)C(C)Cc1ccccc1. The molecule has 1 N–H and O–H groups in total. The maximum atomic E-state index is 3.71. The minimum atomic E-state index is 0.427. The molecule has 0 bridgehead atoms. The smallest absolute Gasteiger partial charge is 0.0349 e. The summed E-state index contributed by atoms with van der Waals surface area (Å²) in [5.41, 5.74) is 2.81. The first-order valence-corrected chi connectivity index (χ1v) is 7.63. The van der Waals surface area contributed by atoms with Crippen molar-refractivity contribution < 1.29 is 0 Å². The zero-order chi connectivity index (χ0) is 14.2. The molecule has 0 saturated heterocycles. The predicted molar refractivity (Wildman–Crippen MR) is 86.8 cm³/mol. The summed E-state index contributed by atoms with van der Waals surface area (Å²) in [5, 5.41) is 3.71. The van der Waals surface area contributed by atoms with Crippen molar-refractivity contribution in [2.45, 2.75) is 32.7 Å². The van der Waals surface area contributed by atoms with E-state index in [2.05, 4.69) is 79.8 Å². The van der Waals surface area contributed by atoms with Crippen LogP contribution in [0.5, 0.6) is 0 Å². The van der Waals surface area contributed by atoms with E-state index in [1.807, 2.05) is 0 Å². The summed E-state index contributed by atoms with van der Waals surface area (Å²) < 4.78 is 0. The van der Waals surface area contributed by atoms with Gasteiger partial charge in [0.2, 0.25) is 0 Å². The van der Waals surface area contributed by atoms with Gasteiger partial charge in [0.15, 0.2) is 0 Å². The van der Waals surface area contributed by atoms with Gasteiger partial charge in [0, 0.05) is 6.04 Å². The van der Waals surface area contributed by atoms with Crippen molar-refractivity contribution in [3.63, 3.8) is 0 Å². The maximum Gasteiger partial charge on any atom is 0.0349 e. The highest BCUT2D eigenvalue weighted by atomic mass is 14.9. The molecule has 2 aromatic carbocycles. The molecule has 0 aliphatic rings. The molecular weight excluding hydrogens is 242 g/mol. The van der Waals surface area contributed by atoms with E-state index < -0.39 is 0 Å². The van der Waals surface area contributed by atoms with E-state index in [-0.39, 0.29) is 0 Å². The number of nitrogens with one attached hydrogen (secondary N) is 1. The fraction of sp³-hybridized carbons (Fsp3) is 0.368. The average Bonchev–Trinajstić information content (AvgIpc) is 2.50. The fourth-order valence-electron chi connectivity index (χ4n) is 2.71. The van der Waals surface area contributed by atoms with Crippen LogP contribution in [0.3, 0.4) is 0 Å². The molecule has 0 aliphatic heterocycles. The predicted octanol–water partition coefficient (Wildman–Crippen LogP) is 4.61. The first kappa shape index (κ1) is 14.8. The standard InChI is InChI=1S/C19H25N/c1-3-14-20-19(18-12-8-5-9-13-18)16(2)15-17-10-6-4-7-11-17/h4-13,16,19-20H,3,14-15H2,1-2H3. The topological polar surface area (TPSA) is 12.0 Å². The molecule has 2 rings (SSSR count). The second kappa shape index (κ2) is 7.86. The molecule has 20 heavy (non-hydrogen) atoms. The molecule has 0 aromatic heterocycles. The lowest BCUT2D eigenvalue weighted by Crippen LogP contribution is -2.28. The molecular formula is C19H25N. The third-order valence-electron chi connectivity index (χ3n) is 3.74. The summed E-state index contributed by atoms with van der Waals surface area (Å²) in [6, 6.07) is 22.0. The Bertz CT molecular complexity index is 478. The van der Waals surface area contributed by atoms with Gasteiger partial charge in [-0.3, -0.25) is 0 Å². The highest BCUT2D eigenvalue weighted by Crippen LogP contribution is 2.25. The Kier molecular flexibility index (Phi) is 5.82. The molecule has 0 radical (unpaired) electrons. The van der Waals surface area contributed by atoms with Gasteiger partial charge in [-0.05, 0) is 36.4 Å². The lowest BCUT2D eigenvalue weighted by atomic mass is 9.89. The van der Waals surface area contributed by atoms with Crippen LogP contribution < -0.4 is 5.32 Å². The van der Waals surface area contributed by atoms with Crippen molar-refractivity contribution in [1.29, 1.82) is 0 Å². The molecule has 2 aromatic rings. The highest BCUT2D eigenvalue weighted by molar-refractivity contribution is 5.21. The summed E-state index contributed by atoms with van der Waals surface area (Å²) in [4.78, 5) is 0. The zero-order valence-electron chi connectivity index (χ0n) is 12.5. The van der Waals surface area contributed by atoms with Gasteiger partial charge in [-0.1, -0.05) is 74.5 Å². The molecule has 1 nitrogen and oxygen atoms in total. The minimum absolute atomic E-state index is 0.427. The lowest BCUT2D eigenvalue weighted by Gasteiger charge is -2.26. The van der Waals surface area contributed by atoms with Crippen molar-refractivity contribution >= 4 is 0 Å². The van der Waals surface area contributed by atoms with Crippen LogP contribution in [0.4, 0.5) is 0 Å². The Labute approximate surface area is 123 Å². The molecule has 0 spiro atoms. The van der Waals surface area contributed by atoms with Crippen molar-refractivity contribution in [3.05, 3.63) is 71.8 Å². The van der Waals surface area contributed by atoms with Gasteiger partial charge in [0.05, 0.1) is 0 Å². The van der Waals surface area contributed by atoms with Crippen molar-refractivity contribution in [2.75, 3.05) is 6.54 Å². The van der Waals surface area contributed by atoms with Gasteiger partial charge >= 0.3 is 0 Å². The average molecular weight is 267 g/mol. The first-order valence-electron chi connectivity index (χ1n) is 7.63. The van der Waals surface area contributed by atoms with Gasteiger partial charge in [0.25, 0.3) is 0 Å². The van der Waals surface area contributed by atoms with Gasteiger partial charge < -0.3 is 5.32 Å². The molecule has 2 unspecified atom stereocenters. The zero-order valence-corrected chi connectivity index (χ0v) is 12.5. The van der Waals surface area contributed by atoms with Crippen LogP contribution in [0.1, 0.15) is 37.4 Å². The van der Waals surface area contributed by atoms with Crippen LogP contribution in [0, 0.1) is 5.92 Å². The van der Waals surface area contributed by atoms with Crippen LogP contribution in [0.2, 0.25) is 0 Å². The highest BCUT2D eigenvalue weighted by Gasteiger charge is 2.18. The summed E-state index contributed by atoms with van der Waals surface area (Å²) >= 11 is 0. The largest absolute Gasteiger partial charge is 0.310 e. The molecule has 0 fully saturated rings. The van der Waals surface area contributed by atoms with E-state index in [0.717, 1.165) is 13.0 Å². The maximum absolute atomic E-state index is 3.71. The summed E-state index contributed by atoms with van der Waals surface area (Å²) in [5.74, 6) is 0.575. The summed E-state index contributed by atoms with van der Waals surface area (Å²) in [6.45, 7) is 5.63. The lowest BCUT2D eigenvalue weighted by molar-refractivity contribution is 0.384. The Balaban J connectivity index is 2.10. The van der Waals surface area contributed by atoms with Crippen LogP contribution in [-0.4, -0.2) is 6.54 Å². The van der Waals surface area contributed by atoms with Crippen molar-refractivity contribution in [2.24, 2.45) is 5.92 Å². The van der Waals surface area contributed by atoms with Crippen LogP contribution in [0.25, 0.3) is 0 Å². The van der Waals surface area contributed by atoms with Crippen LogP contribution in [-0.2, 0) is 6.42 Å². The molecule has 0 heterocycles. The summed E-state index contributed by atoms with van der Waals surface area (Å²) in [7, 11) is 0. The fourth-order valence-corrected chi connectivity index (χ4v) is 2.71. The van der Waals surface area contributed by atoms with E-state index in [1.165, 1.54) is 17.5 Å². The molecule has 0 amide bonds. The van der Waals surface area contributed by atoms with E-state index in [1.54, 1.807) is 0 Å². The summed E-state index contributed by atoms with van der Waals surface area (Å²) in [6.07, 6.45) is 2.28. The van der Waals surface area contributed by atoms with Gasteiger partial charge in [-0.2, -0.15) is 0 Å². The number of rotatable bonds is 7. The van der Waals surface area contributed by atoms with Gasteiger partial charge in [-0.15, -0.1) is 0 Å². The van der Waals surface area contributed by atoms with Crippen molar-refractivity contribution in [1.82, 2.24) is 5.32 Å². The van der Waals surface area contributed by atoms with E-state index >= 15 is 0 Å². The Hall–Kier alpha value is -1.60. The molecule has 2 atom stereocenters. The molecule has 1 heteroatoms. The quantitative estimate of drug-likeness (QED) is 0.772. The molecule has 106 valence electrons. The van der Waals surface area contributed by atoms with Crippen molar-refractivity contribution in [3.8, 4) is 0 Å². The minimum Gasteiger partial charge on any atom is -0.310 e. The van der Waals surface area contributed by atoms with E-state index in [0.29, 0.717) is 12.0 Å². The van der Waals surface area contributed by atoms with E-state index in [4.69, 9.17) is 0 Å². The second-order valence-electron chi connectivity index (χ2n) is 5.51. The van der Waals surface area contributed by atoms with Crippen LogP contribution in [0.15, 0.2) is 60.7 Å². The Morgan fingerprint density at radius 3 is 2.10 bits per heavy atom. The number of hydrogen-bond donors (Lipinski definition) is 1. The van der Waals surface area contributed by atoms with Gasteiger partial charge in [-0.25, -0.2) is 0 Å². The molecule has 0 saturated carbocycles. The third-order valence-corrected chi connectivity index (χ3v) is 3.74. The number of hydrogen-bond acceptors (Lipinski definition) is 1. The van der Waals surface area contributed by atoms with E-state index in [9.17, 15) is 0 Å². The van der Waals surface area contributed by atoms with Gasteiger partial charge in [0.1, 0.15) is 0 Å². The third kappa shape index (κ3) is 4.21. The Morgan fingerprint density at radius 2 is 1.50 bits per heavy atom. The Morgan fingerprint density at radius 1 is 0.900 bits per heavy atom. The number of benzene rings is 2.